The van der Waals surface area contributed by atoms with E-state index in [1.807, 2.05) is 13.8 Å². The van der Waals surface area contributed by atoms with Crippen LogP contribution in [-0.4, -0.2) is 43.7 Å². The van der Waals surface area contributed by atoms with E-state index >= 15 is 4.39 Å². The number of amides is 1. The van der Waals surface area contributed by atoms with E-state index in [2.05, 4.69) is 4.90 Å². The van der Waals surface area contributed by atoms with E-state index in [9.17, 15) is 22.8 Å². The first-order valence-corrected chi connectivity index (χ1v) is 12.9. The molecular formula is C29H27ClF4N2O4. The molecule has 0 saturated carbocycles. The number of rotatable bonds is 9. The van der Waals surface area contributed by atoms with Gasteiger partial charge in [0.25, 0.3) is 5.91 Å². The van der Waals surface area contributed by atoms with Crippen LogP contribution in [-0.2, 0) is 27.9 Å². The third-order valence-electron chi connectivity index (χ3n) is 6.87. The van der Waals surface area contributed by atoms with Crippen LogP contribution in [0.15, 0.2) is 60.7 Å². The number of esters is 1. The van der Waals surface area contributed by atoms with E-state index in [0.29, 0.717) is 23.6 Å². The average molecular weight is 579 g/mol. The second-order valence-corrected chi connectivity index (χ2v) is 9.62. The van der Waals surface area contributed by atoms with Crippen molar-refractivity contribution in [3.8, 4) is 5.75 Å². The Kier molecular flexibility index (Phi) is 8.41. The molecule has 1 amide bonds. The Morgan fingerprint density at radius 2 is 1.68 bits per heavy atom. The molecule has 0 radical (unpaired) electrons. The largest absolute Gasteiger partial charge is 0.496 e. The number of hydrogen-bond donors (Lipinski definition) is 0. The fourth-order valence-electron chi connectivity index (χ4n) is 4.63. The monoisotopic (exact) mass is 578 g/mol. The molecule has 0 N–H and O–H groups in total. The van der Waals surface area contributed by atoms with Gasteiger partial charge in [0, 0.05) is 22.7 Å². The maximum absolute atomic E-state index is 16.8. The SMILES string of the molecule is CCN(CC)Cc1ccc(C(=O)OCN2C(=O)C(F)(c3cc(Cl)ccc3OC)c3ccc(C(F)(F)F)cc32)cc1. The van der Waals surface area contributed by atoms with E-state index in [1.165, 1.54) is 25.3 Å². The minimum Gasteiger partial charge on any atom is -0.496 e. The zero-order chi connectivity index (χ0) is 29.2. The summed E-state index contributed by atoms with van der Waals surface area (Å²) < 4.78 is 68.0. The molecule has 0 aromatic heterocycles. The van der Waals surface area contributed by atoms with E-state index in [-0.39, 0.29) is 33.1 Å². The number of nitrogens with zero attached hydrogens (tertiary/aromatic N) is 2. The lowest BCUT2D eigenvalue weighted by Gasteiger charge is -2.23. The summed E-state index contributed by atoms with van der Waals surface area (Å²) in [6.45, 7) is 5.67. The van der Waals surface area contributed by atoms with Gasteiger partial charge in [0.1, 0.15) is 5.75 Å². The Bertz CT molecular complexity index is 1410. The van der Waals surface area contributed by atoms with Crippen LogP contribution in [0.1, 0.15) is 46.5 Å². The summed E-state index contributed by atoms with van der Waals surface area (Å²) in [5, 5.41) is 0.0865. The molecule has 0 aliphatic carbocycles. The van der Waals surface area contributed by atoms with Crippen molar-refractivity contribution in [2.24, 2.45) is 0 Å². The lowest BCUT2D eigenvalue weighted by Crippen LogP contribution is -2.40. The van der Waals surface area contributed by atoms with Crippen LogP contribution in [0.25, 0.3) is 0 Å². The molecule has 6 nitrogen and oxygen atoms in total. The summed E-state index contributed by atoms with van der Waals surface area (Å²) in [6.07, 6.45) is -4.76. The molecule has 3 aromatic carbocycles. The number of fused-ring (bicyclic) bond motifs is 1. The predicted molar refractivity (Wildman–Crippen MR) is 142 cm³/mol. The van der Waals surface area contributed by atoms with Gasteiger partial charge in [-0.2, -0.15) is 13.2 Å². The fourth-order valence-corrected chi connectivity index (χ4v) is 4.80. The van der Waals surface area contributed by atoms with E-state index < -0.39 is 36.0 Å². The number of carbonyl (C=O) groups excluding carboxylic acids is 2. The number of methoxy groups -OCH3 is 1. The molecule has 11 heteroatoms. The molecule has 40 heavy (non-hydrogen) atoms. The Hall–Kier alpha value is -3.63. The summed E-state index contributed by atoms with van der Waals surface area (Å²) in [5.41, 5.74) is -3.93. The normalized spacial score (nSPS) is 16.8. The van der Waals surface area contributed by atoms with Crippen molar-refractivity contribution in [1.82, 2.24) is 4.90 Å². The van der Waals surface area contributed by atoms with Gasteiger partial charge in [-0.15, -0.1) is 0 Å². The standard InChI is InChI=1S/C29H27ClF4N2O4/c1-4-35(5-2)16-18-6-8-19(9-7-18)26(37)40-17-36-24-14-20(29(32,33)34)10-12-22(24)28(31,27(36)38)23-15-21(30)11-13-25(23)39-3/h6-15H,4-5,16-17H2,1-3H3. The number of halogens is 5. The number of ether oxygens (including phenoxy) is 2. The molecular weight excluding hydrogens is 552 g/mol. The third-order valence-corrected chi connectivity index (χ3v) is 7.11. The number of hydrogen-bond acceptors (Lipinski definition) is 5. The van der Waals surface area contributed by atoms with Gasteiger partial charge in [0.05, 0.1) is 23.9 Å². The Morgan fingerprint density at radius 1 is 1.00 bits per heavy atom. The maximum Gasteiger partial charge on any atom is 0.416 e. The summed E-state index contributed by atoms with van der Waals surface area (Å²) in [7, 11) is 1.26. The molecule has 1 atom stereocenters. The molecule has 4 rings (SSSR count). The summed E-state index contributed by atoms with van der Waals surface area (Å²) in [4.78, 5) is 29.2. The van der Waals surface area contributed by atoms with Crippen LogP contribution in [0.5, 0.6) is 5.75 Å². The second kappa shape index (κ2) is 11.5. The number of carbonyl (C=O) groups is 2. The molecule has 1 unspecified atom stereocenters. The van der Waals surface area contributed by atoms with Gasteiger partial charge in [-0.1, -0.05) is 43.6 Å². The third kappa shape index (κ3) is 5.51. The first-order chi connectivity index (χ1) is 18.9. The Balaban J connectivity index is 1.66. The lowest BCUT2D eigenvalue weighted by atomic mass is 9.88. The fraction of sp³-hybridized carbons (Fsp3) is 0.310. The molecule has 0 saturated heterocycles. The zero-order valence-corrected chi connectivity index (χ0v) is 22.8. The lowest BCUT2D eigenvalue weighted by molar-refractivity contribution is -0.137. The van der Waals surface area contributed by atoms with Crippen molar-refractivity contribution in [2.75, 3.05) is 31.8 Å². The van der Waals surface area contributed by atoms with Crippen molar-refractivity contribution in [2.45, 2.75) is 32.2 Å². The zero-order valence-electron chi connectivity index (χ0n) is 22.0. The smallest absolute Gasteiger partial charge is 0.416 e. The number of benzene rings is 3. The van der Waals surface area contributed by atoms with Crippen molar-refractivity contribution in [3.05, 3.63) is 93.5 Å². The molecule has 1 aliphatic rings. The van der Waals surface area contributed by atoms with E-state index in [0.717, 1.165) is 24.7 Å². The van der Waals surface area contributed by atoms with Crippen LogP contribution in [0, 0.1) is 0 Å². The number of anilines is 1. The van der Waals surface area contributed by atoms with Gasteiger partial charge in [-0.3, -0.25) is 14.6 Å². The van der Waals surface area contributed by atoms with Gasteiger partial charge < -0.3 is 9.47 Å². The second-order valence-electron chi connectivity index (χ2n) is 9.19. The van der Waals surface area contributed by atoms with Crippen LogP contribution in [0.4, 0.5) is 23.2 Å². The summed E-state index contributed by atoms with van der Waals surface area (Å²) in [5.74, 6) is -2.10. The van der Waals surface area contributed by atoms with Crippen molar-refractivity contribution in [3.63, 3.8) is 0 Å². The molecule has 0 bridgehead atoms. The molecule has 0 spiro atoms. The summed E-state index contributed by atoms with van der Waals surface area (Å²) >= 11 is 6.07. The van der Waals surface area contributed by atoms with Crippen LogP contribution < -0.4 is 9.64 Å². The molecule has 212 valence electrons. The first kappa shape index (κ1) is 29.4. The predicted octanol–water partition coefficient (Wildman–Crippen LogP) is 6.58. The van der Waals surface area contributed by atoms with Crippen molar-refractivity contribution < 1.29 is 36.6 Å². The van der Waals surface area contributed by atoms with E-state index in [1.54, 1.807) is 24.3 Å². The number of alkyl halides is 4. The minimum absolute atomic E-state index is 0.0326. The minimum atomic E-state index is -4.76. The molecule has 3 aromatic rings. The van der Waals surface area contributed by atoms with Gasteiger partial charge >= 0.3 is 12.1 Å². The van der Waals surface area contributed by atoms with E-state index in [4.69, 9.17) is 21.1 Å². The van der Waals surface area contributed by atoms with Gasteiger partial charge in [-0.05, 0) is 61.1 Å². The van der Waals surface area contributed by atoms with Gasteiger partial charge in [0.2, 0.25) is 5.67 Å². The van der Waals surface area contributed by atoms with Crippen molar-refractivity contribution >= 4 is 29.2 Å². The summed E-state index contributed by atoms with van der Waals surface area (Å²) in [6, 6.07) is 12.8. The van der Waals surface area contributed by atoms with Crippen LogP contribution >= 0.6 is 11.6 Å². The topological polar surface area (TPSA) is 59.1 Å². The van der Waals surface area contributed by atoms with Crippen molar-refractivity contribution in [1.29, 1.82) is 0 Å². The highest BCUT2D eigenvalue weighted by Crippen LogP contribution is 2.51. The first-order valence-electron chi connectivity index (χ1n) is 12.5. The van der Waals surface area contributed by atoms with Crippen LogP contribution in [0.3, 0.4) is 0 Å². The molecule has 1 aliphatic heterocycles. The molecule has 1 heterocycles. The highest BCUT2D eigenvalue weighted by molar-refractivity contribution is 6.30. The highest BCUT2D eigenvalue weighted by atomic mass is 35.5. The van der Waals surface area contributed by atoms with Crippen LogP contribution in [0.2, 0.25) is 5.02 Å². The Labute approximate surface area is 234 Å². The molecule has 0 fully saturated rings. The maximum atomic E-state index is 16.8. The highest BCUT2D eigenvalue weighted by Gasteiger charge is 2.55. The van der Waals surface area contributed by atoms with Gasteiger partial charge in [-0.25, -0.2) is 9.18 Å². The quantitative estimate of drug-likeness (QED) is 0.212. The van der Waals surface area contributed by atoms with Gasteiger partial charge in [0.15, 0.2) is 6.73 Å². The average Bonchev–Trinajstić information content (AvgIpc) is 3.16. The Morgan fingerprint density at radius 3 is 2.27 bits per heavy atom.